The summed E-state index contributed by atoms with van der Waals surface area (Å²) in [6.07, 6.45) is -0.189. The SMILES string of the molecule is CC1CC(C)(C)C(O)C(O)[C@H](C)[C@H]1C. The normalized spacial score (nSPS) is 48.6. The summed E-state index contributed by atoms with van der Waals surface area (Å²) in [7, 11) is 0. The van der Waals surface area contributed by atoms with Crippen molar-refractivity contribution in [2.75, 3.05) is 0 Å². The number of hydrogen-bond acceptors (Lipinski definition) is 2. The van der Waals surface area contributed by atoms with Crippen LogP contribution in [0.1, 0.15) is 41.0 Å². The smallest absolute Gasteiger partial charge is 0.0852 e. The van der Waals surface area contributed by atoms with E-state index >= 15 is 0 Å². The Morgan fingerprint density at radius 3 is 2.00 bits per heavy atom. The molecule has 14 heavy (non-hydrogen) atoms. The third-order valence-electron chi connectivity index (χ3n) is 4.24. The van der Waals surface area contributed by atoms with Gasteiger partial charge < -0.3 is 10.2 Å². The van der Waals surface area contributed by atoms with Crippen LogP contribution in [0.25, 0.3) is 0 Å². The molecule has 1 saturated carbocycles. The van der Waals surface area contributed by atoms with Crippen molar-refractivity contribution in [1.82, 2.24) is 0 Å². The Labute approximate surface area is 87.3 Å². The summed E-state index contributed by atoms with van der Waals surface area (Å²) in [5.41, 5.74) is -0.169. The summed E-state index contributed by atoms with van der Waals surface area (Å²) < 4.78 is 0. The lowest BCUT2D eigenvalue weighted by molar-refractivity contribution is -0.0687. The fraction of sp³-hybridized carbons (Fsp3) is 1.00. The van der Waals surface area contributed by atoms with Crippen LogP contribution in [0.4, 0.5) is 0 Å². The van der Waals surface area contributed by atoms with E-state index in [1.165, 1.54) is 0 Å². The van der Waals surface area contributed by atoms with Crippen molar-refractivity contribution in [3.63, 3.8) is 0 Å². The molecule has 1 aliphatic carbocycles. The highest BCUT2D eigenvalue weighted by molar-refractivity contribution is 4.93. The van der Waals surface area contributed by atoms with Crippen LogP contribution in [0.2, 0.25) is 0 Å². The first-order chi connectivity index (χ1) is 6.27. The minimum atomic E-state index is -0.593. The Morgan fingerprint density at radius 2 is 1.50 bits per heavy atom. The van der Waals surface area contributed by atoms with Gasteiger partial charge in [-0.25, -0.2) is 0 Å². The predicted molar refractivity (Wildman–Crippen MR) is 57.9 cm³/mol. The van der Waals surface area contributed by atoms with E-state index < -0.39 is 12.2 Å². The van der Waals surface area contributed by atoms with Gasteiger partial charge in [0.1, 0.15) is 0 Å². The fourth-order valence-corrected chi connectivity index (χ4v) is 2.72. The summed E-state index contributed by atoms with van der Waals surface area (Å²) >= 11 is 0. The summed E-state index contributed by atoms with van der Waals surface area (Å²) in [5.74, 6) is 1.22. The van der Waals surface area contributed by atoms with Crippen molar-refractivity contribution in [2.24, 2.45) is 23.2 Å². The second kappa shape index (κ2) is 3.82. The fourth-order valence-electron chi connectivity index (χ4n) is 2.72. The zero-order chi connectivity index (χ0) is 11.1. The molecule has 2 heteroatoms. The van der Waals surface area contributed by atoms with Gasteiger partial charge in [-0.1, -0.05) is 34.6 Å². The molecule has 1 rings (SSSR count). The molecule has 0 aromatic rings. The summed E-state index contributed by atoms with van der Waals surface area (Å²) in [4.78, 5) is 0. The Balaban J connectivity index is 2.94. The van der Waals surface area contributed by atoms with Crippen LogP contribution in [-0.2, 0) is 0 Å². The lowest BCUT2D eigenvalue weighted by Crippen LogP contribution is -2.41. The molecule has 1 aliphatic rings. The summed E-state index contributed by atoms with van der Waals surface area (Å²) in [6.45, 7) is 10.5. The van der Waals surface area contributed by atoms with Crippen LogP contribution in [0.3, 0.4) is 0 Å². The minimum absolute atomic E-state index is 0.169. The van der Waals surface area contributed by atoms with E-state index in [-0.39, 0.29) is 11.3 Å². The van der Waals surface area contributed by atoms with Crippen molar-refractivity contribution in [2.45, 2.75) is 53.2 Å². The molecule has 0 aromatic carbocycles. The Kier molecular flexibility index (Phi) is 3.27. The van der Waals surface area contributed by atoms with Gasteiger partial charge in [-0.15, -0.1) is 0 Å². The maximum atomic E-state index is 10.0. The predicted octanol–water partition coefficient (Wildman–Crippen LogP) is 2.05. The van der Waals surface area contributed by atoms with Gasteiger partial charge in [-0.3, -0.25) is 0 Å². The van der Waals surface area contributed by atoms with E-state index in [0.29, 0.717) is 11.8 Å². The van der Waals surface area contributed by atoms with E-state index in [2.05, 4.69) is 13.8 Å². The molecule has 3 unspecified atom stereocenters. The van der Waals surface area contributed by atoms with Crippen LogP contribution >= 0.6 is 0 Å². The first-order valence-electron chi connectivity index (χ1n) is 5.63. The molecule has 0 saturated heterocycles. The molecule has 84 valence electrons. The molecule has 0 aliphatic heterocycles. The Bertz CT molecular complexity index is 200. The summed E-state index contributed by atoms with van der Waals surface area (Å²) in [5, 5.41) is 20.0. The first kappa shape index (κ1) is 12.0. The average molecular weight is 200 g/mol. The van der Waals surface area contributed by atoms with Crippen LogP contribution in [0.15, 0.2) is 0 Å². The quantitative estimate of drug-likeness (QED) is 0.587. The molecule has 0 radical (unpaired) electrons. The molecule has 1 fully saturated rings. The highest BCUT2D eigenvalue weighted by Gasteiger charge is 2.43. The summed E-state index contributed by atoms with van der Waals surface area (Å²) in [6, 6.07) is 0. The van der Waals surface area contributed by atoms with Gasteiger partial charge in [-0.2, -0.15) is 0 Å². The number of rotatable bonds is 0. The van der Waals surface area contributed by atoms with E-state index in [4.69, 9.17) is 0 Å². The van der Waals surface area contributed by atoms with Crippen molar-refractivity contribution in [1.29, 1.82) is 0 Å². The van der Waals surface area contributed by atoms with Crippen LogP contribution in [0.5, 0.6) is 0 Å². The standard InChI is InChI=1S/C12H24O2/c1-7-6-12(4,5)11(14)10(13)9(3)8(7)2/h7-11,13-14H,6H2,1-5H3/t7?,8-,9+,10?,11?/m0/s1. The van der Waals surface area contributed by atoms with Gasteiger partial charge in [0.2, 0.25) is 0 Å². The molecule has 0 amide bonds. The first-order valence-corrected chi connectivity index (χ1v) is 5.63. The Hall–Kier alpha value is -0.0800. The lowest BCUT2D eigenvalue weighted by atomic mass is 9.78. The van der Waals surface area contributed by atoms with Crippen LogP contribution in [0, 0.1) is 23.2 Å². The average Bonchev–Trinajstić information content (AvgIpc) is 2.14. The Morgan fingerprint density at radius 1 is 1.00 bits per heavy atom. The van der Waals surface area contributed by atoms with Gasteiger partial charge in [0.25, 0.3) is 0 Å². The van der Waals surface area contributed by atoms with Crippen molar-refractivity contribution >= 4 is 0 Å². The van der Waals surface area contributed by atoms with Crippen LogP contribution < -0.4 is 0 Å². The highest BCUT2D eigenvalue weighted by atomic mass is 16.3. The number of aliphatic hydroxyl groups is 2. The molecular weight excluding hydrogens is 176 g/mol. The van der Waals surface area contributed by atoms with Gasteiger partial charge in [0, 0.05) is 0 Å². The lowest BCUT2D eigenvalue weighted by Gasteiger charge is -2.33. The molecule has 0 heterocycles. The van der Waals surface area contributed by atoms with Crippen LogP contribution in [-0.4, -0.2) is 22.4 Å². The molecule has 2 N–H and O–H groups in total. The van der Waals surface area contributed by atoms with Gasteiger partial charge >= 0.3 is 0 Å². The number of aliphatic hydroxyl groups excluding tert-OH is 2. The highest BCUT2D eigenvalue weighted by Crippen LogP contribution is 2.42. The molecule has 0 bridgehead atoms. The largest absolute Gasteiger partial charge is 0.390 e. The maximum absolute atomic E-state index is 10.0. The van der Waals surface area contributed by atoms with E-state index in [1.54, 1.807) is 0 Å². The van der Waals surface area contributed by atoms with Crippen molar-refractivity contribution in [3.8, 4) is 0 Å². The monoisotopic (exact) mass is 200 g/mol. The van der Waals surface area contributed by atoms with Gasteiger partial charge in [0.05, 0.1) is 12.2 Å². The molecule has 5 atom stereocenters. The molecular formula is C12H24O2. The third kappa shape index (κ3) is 1.96. The second-order valence-electron chi connectivity index (χ2n) is 5.82. The zero-order valence-corrected chi connectivity index (χ0v) is 9.99. The van der Waals surface area contributed by atoms with E-state index in [1.807, 2.05) is 20.8 Å². The van der Waals surface area contributed by atoms with Gasteiger partial charge in [0.15, 0.2) is 0 Å². The van der Waals surface area contributed by atoms with E-state index in [0.717, 1.165) is 6.42 Å². The van der Waals surface area contributed by atoms with Gasteiger partial charge in [-0.05, 0) is 29.6 Å². The zero-order valence-electron chi connectivity index (χ0n) is 9.99. The maximum Gasteiger partial charge on any atom is 0.0852 e. The molecule has 0 spiro atoms. The molecule has 0 aromatic heterocycles. The van der Waals surface area contributed by atoms with E-state index in [9.17, 15) is 10.2 Å². The molecule has 2 nitrogen and oxygen atoms in total. The third-order valence-corrected chi connectivity index (χ3v) is 4.24. The van der Waals surface area contributed by atoms with Crippen molar-refractivity contribution in [3.05, 3.63) is 0 Å². The second-order valence-corrected chi connectivity index (χ2v) is 5.82. The van der Waals surface area contributed by atoms with Crippen molar-refractivity contribution < 1.29 is 10.2 Å². The minimum Gasteiger partial charge on any atom is -0.390 e. The number of hydrogen-bond donors (Lipinski definition) is 2. The topological polar surface area (TPSA) is 40.5 Å².